The van der Waals surface area contributed by atoms with E-state index < -0.39 is 16.9 Å². The predicted molar refractivity (Wildman–Crippen MR) is 135 cm³/mol. The standard InChI is InChI=1S/C21H19Cl2N5O2S2/c1-21(2)18(28(30)19(29)26-13-7-8-15(22)16(23)9-13)27(20(31)32-21)25-11-12-10-24-17-6-4-3-5-14(12)17/h3-11,18,24,30H,1-2H3,(H,26,29). The van der Waals surface area contributed by atoms with E-state index in [1.807, 2.05) is 44.3 Å². The molecule has 32 heavy (non-hydrogen) atoms. The van der Waals surface area contributed by atoms with Gasteiger partial charge in [-0.3, -0.25) is 5.21 Å². The molecule has 1 fully saturated rings. The number of hydrogen-bond donors (Lipinski definition) is 3. The number of para-hydroxylation sites is 1. The maximum Gasteiger partial charge on any atom is 0.347 e. The normalized spacial score (nSPS) is 18.0. The van der Waals surface area contributed by atoms with Gasteiger partial charge in [0.2, 0.25) is 0 Å². The Morgan fingerprint density at radius 2 is 2.06 bits per heavy atom. The lowest BCUT2D eigenvalue weighted by atomic mass is 10.1. The summed E-state index contributed by atoms with van der Waals surface area (Å²) < 4.78 is -0.185. The van der Waals surface area contributed by atoms with Crippen molar-refractivity contribution in [3.8, 4) is 0 Å². The largest absolute Gasteiger partial charge is 0.361 e. The van der Waals surface area contributed by atoms with Gasteiger partial charge in [-0.25, -0.2) is 9.80 Å². The lowest BCUT2D eigenvalue weighted by Crippen LogP contribution is -2.54. The molecule has 1 saturated heterocycles. The molecule has 0 radical (unpaired) electrons. The Bertz CT molecular complexity index is 1230. The van der Waals surface area contributed by atoms with Crippen molar-refractivity contribution in [1.82, 2.24) is 15.1 Å². The SMILES string of the molecule is CC1(C)SC(=S)N(N=Cc2c[nH]c3ccccc23)C1N(O)C(=O)Nc1ccc(Cl)c(Cl)c1. The van der Waals surface area contributed by atoms with Crippen molar-refractivity contribution < 1.29 is 10.0 Å². The zero-order valence-corrected chi connectivity index (χ0v) is 20.2. The Morgan fingerprint density at radius 3 is 2.81 bits per heavy atom. The summed E-state index contributed by atoms with van der Waals surface area (Å²) in [4.78, 5) is 16.0. The van der Waals surface area contributed by atoms with Crippen LogP contribution in [0.3, 0.4) is 0 Å². The summed E-state index contributed by atoms with van der Waals surface area (Å²) in [6, 6.07) is 11.7. The Labute approximate surface area is 204 Å². The first kappa shape index (κ1) is 22.9. The number of hydrogen-bond acceptors (Lipinski definition) is 5. The number of carbonyl (C=O) groups excluding carboxylic acids is 1. The lowest BCUT2D eigenvalue weighted by molar-refractivity contribution is -0.114. The number of thiocarbonyl (C=S) groups is 1. The van der Waals surface area contributed by atoms with Crippen LogP contribution in [0.15, 0.2) is 53.8 Å². The van der Waals surface area contributed by atoms with Gasteiger partial charge in [0.05, 0.1) is 21.0 Å². The van der Waals surface area contributed by atoms with Crippen LogP contribution in [0.2, 0.25) is 10.0 Å². The molecule has 1 unspecified atom stereocenters. The molecule has 1 aliphatic heterocycles. The summed E-state index contributed by atoms with van der Waals surface area (Å²) in [5.74, 6) is 0. The molecule has 3 N–H and O–H groups in total. The highest BCUT2D eigenvalue weighted by molar-refractivity contribution is 8.24. The van der Waals surface area contributed by atoms with Crippen molar-refractivity contribution in [2.24, 2.45) is 5.10 Å². The number of thioether (sulfide) groups is 1. The number of nitrogens with zero attached hydrogens (tertiary/aromatic N) is 3. The molecule has 1 aromatic heterocycles. The van der Waals surface area contributed by atoms with Crippen LogP contribution >= 0.6 is 47.2 Å². The summed E-state index contributed by atoms with van der Waals surface area (Å²) in [6.45, 7) is 3.76. The van der Waals surface area contributed by atoms with Crippen LogP contribution in [0.4, 0.5) is 10.5 Å². The maximum absolute atomic E-state index is 12.8. The summed E-state index contributed by atoms with van der Waals surface area (Å²) in [6.07, 6.45) is 2.66. The molecule has 1 atom stereocenters. The first-order valence-electron chi connectivity index (χ1n) is 9.54. The smallest absolute Gasteiger partial charge is 0.347 e. The van der Waals surface area contributed by atoms with Gasteiger partial charge in [-0.05, 0) is 38.1 Å². The number of H-pyrrole nitrogens is 1. The second-order valence-corrected chi connectivity index (χ2v) is 10.7. The first-order valence-corrected chi connectivity index (χ1v) is 11.5. The lowest BCUT2D eigenvalue weighted by Gasteiger charge is -2.34. The minimum Gasteiger partial charge on any atom is -0.361 e. The van der Waals surface area contributed by atoms with E-state index in [0.717, 1.165) is 16.5 Å². The Hall–Kier alpha value is -2.30. The number of nitrogens with one attached hydrogen (secondary N) is 2. The second kappa shape index (κ2) is 8.92. The number of urea groups is 1. The number of aromatic amines is 1. The van der Waals surface area contributed by atoms with Crippen LogP contribution in [0.5, 0.6) is 0 Å². The second-order valence-electron chi connectivity index (χ2n) is 7.63. The van der Waals surface area contributed by atoms with Crippen molar-refractivity contribution in [3.05, 3.63) is 64.3 Å². The van der Waals surface area contributed by atoms with E-state index in [0.29, 0.717) is 20.1 Å². The minimum absolute atomic E-state index is 0.289. The minimum atomic E-state index is -0.843. The van der Waals surface area contributed by atoms with E-state index in [9.17, 15) is 10.0 Å². The fraction of sp³-hybridized carbons (Fsp3) is 0.190. The summed E-state index contributed by atoms with van der Waals surface area (Å²) in [5.41, 5.74) is 2.24. The van der Waals surface area contributed by atoms with E-state index in [1.165, 1.54) is 22.8 Å². The molecule has 3 aromatic rings. The van der Waals surface area contributed by atoms with Crippen molar-refractivity contribution in [1.29, 1.82) is 0 Å². The number of hydroxylamine groups is 2. The van der Waals surface area contributed by atoms with Crippen LogP contribution in [0.1, 0.15) is 19.4 Å². The third-order valence-corrected chi connectivity index (χ3v) is 7.22. The molecule has 166 valence electrons. The van der Waals surface area contributed by atoms with E-state index >= 15 is 0 Å². The van der Waals surface area contributed by atoms with E-state index in [1.54, 1.807) is 18.3 Å². The topological polar surface area (TPSA) is 84.0 Å². The Kier molecular flexibility index (Phi) is 6.37. The van der Waals surface area contributed by atoms with Crippen LogP contribution in [-0.2, 0) is 0 Å². The Morgan fingerprint density at radius 1 is 1.31 bits per heavy atom. The number of rotatable bonds is 4. The molecule has 2 aromatic carbocycles. The number of halogens is 2. The number of amides is 2. The zero-order chi connectivity index (χ0) is 23.0. The van der Waals surface area contributed by atoms with Crippen molar-refractivity contribution >= 4 is 80.3 Å². The molecule has 7 nitrogen and oxygen atoms in total. The molecule has 2 heterocycles. The molecular weight excluding hydrogens is 489 g/mol. The van der Waals surface area contributed by atoms with Gasteiger partial charge in [0.1, 0.15) is 0 Å². The highest BCUT2D eigenvalue weighted by Crippen LogP contribution is 2.42. The van der Waals surface area contributed by atoms with Gasteiger partial charge in [-0.15, -0.1) is 0 Å². The molecule has 2 amide bonds. The van der Waals surface area contributed by atoms with E-state index in [-0.39, 0.29) is 5.02 Å². The van der Waals surface area contributed by atoms with Gasteiger partial charge in [0.15, 0.2) is 10.5 Å². The molecular formula is C21H19Cl2N5O2S2. The number of fused-ring (bicyclic) bond motifs is 1. The van der Waals surface area contributed by atoms with Crippen LogP contribution < -0.4 is 5.32 Å². The average molecular weight is 508 g/mol. The average Bonchev–Trinajstić information content (AvgIpc) is 3.25. The molecule has 0 aliphatic carbocycles. The number of aromatic nitrogens is 1. The summed E-state index contributed by atoms with van der Waals surface area (Å²) in [5, 5.41) is 21.7. The molecule has 0 saturated carbocycles. The zero-order valence-electron chi connectivity index (χ0n) is 17.0. The predicted octanol–water partition coefficient (Wildman–Crippen LogP) is 6.17. The Balaban J connectivity index is 1.58. The highest BCUT2D eigenvalue weighted by atomic mass is 35.5. The highest BCUT2D eigenvalue weighted by Gasteiger charge is 2.50. The van der Waals surface area contributed by atoms with Crippen molar-refractivity contribution in [2.75, 3.05) is 5.32 Å². The number of carbonyl (C=O) groups is 1. The monoisotopic (exact) mass is 507 g/mol. The molecule has 4 rings (SSSR count). The van der Waals surface area contributed by atoms with Crippen LogP contribution in [-0.4, -0.2) is 47.7 Å². The van der Waals surface area contributed by atoms with Gasteiger partial charge >= 0.3 is 6.03 Å². The third-order valence-electron chi connectivity index (χ3n) is 4.94. The van der Waals surface area contributed by atoms with E-state index in [4.69, 9.17) is 35.4 Å². The van der Waals surface area contributed by atoms with Crippen molar-refractivity contribution in [2.45, 2.75) is 24.8 Å². The third kappa shape index (κ3) is 4.44. The van der Waals surface area contributed by atoms with Gasteiger partial charge in [0.25, 0.3) is 0 Å². The molecule has 11 heteroatoms. The van der Waals surface area contributed by atoms with Gasteiger partial charge in [-0.1, -0.05) is 65.4 Å². The number of hydrazone groups is 1. The summed E-state index contributed by atoms with van der Waals surface area (Å²) in [7, 11) is 0. The quantitative estimate of drug-likeness (QED) is 0.170. The van der Waals surface area contributed by atoms with Crippen LogP contribution in [0.25, 0.3) is 10.9 Å². The number of anilines is 1. The van der Waals surface area contributed by atoms with Gasteiger partial charge < -0.3 is 10.3 Å². The summed E-state index contributed by atoms with van der Waals surface area (Å²) >= 11 is 18.8. The fourth-order valence-electron chi connectivity index (χ4n) is 3.42. The van der Waals surface area contributed by atoms with Gasteiger partial charge in [0, 0.05) is 28.4 Å². The van der Waals surface area contributed by atoms with E-state index in [2.05, 4.69) is 15.4 Å². The van der Waals surface area contributed by atoms with Gasteiger partial charge in [-0.2, -0.15) is 10.2 Å². The molecule has 1 aliphatic rings. The first-order chi connectivity index (χ1) is 15.2. The molecule has 0 bridgehead atoms. The maximum atomic E-state index is 12.8. The number of benzene rings is 2. The fourth-order valence-corrected chi connectivity index (χ4v) is 5.50. The van der Waals surface area contributed by atoms with Crippen molar-refractivity contribution in [3.63, 3.8) is 0 Å². The molecule has 0 spiro atoms. The van der Waals surface area contributed by atoms with Crippen LogP contribution in [0, 0.1) is 0 Å².